The lowest BCUT2D eigenvalue weighted by Crippen LogP contribution is -2.33. The normalized spacial score (nSPS) is 23.9. The van der Waals surface area contributed by atoms with Crippen molar-refractivity contribution in [1.29, 1.82) is 0 Å². The molecule has 0 radical (unpaired) electrons. The summed E-state index contributed by atoms with van der Waals surface area (Å²) < 4.78 is 64.6. The van der Waals surface area contributed by atoms with Crippen LogP contribution in [0.5, 0.6) is 0 Å². The molecule has 1 saturated heterocycles. The molecule has 1 aromatic heterocycles. The minimum atomic E-state index is -4.38. The van der Waals surface area contributed by atoms with Crippen LogP contribution in [0.3, 0.4) is 0 Å². The van der Waals surface area contributed by atoms with E-state index in [0.717, 1.165) is 0 Å². The number of aromatic nitrogens is 2. The molecule has 0 bridgehead atoms. The Balaban J connectivity index is 2.01. The van der Waals surface area contributed by atoms with Crippen LogP contribution in [0.4, 0.5) is 13.2 Å². The van der Waals surface area contributed by atoms with E-state index in [1.165, 1.54) is 0 Å². The first-order valence-electron chi connectivity index (χ1n) is 6.47. The highest BCUT2D eigenvalue weighted by Crippen LogP contribution is 2.20. The van der Waals surface area contributed by atoms with Gasteiger partial charge in [0.05, 0.1) is 18.1 Å². The van der Waals surface area contributed by atoms with Crippen LogP contribution in [0.15, 0.2) is 4.52 Å². The van der Waals surface area contributed by atoms with Crippen LogP contribution in [-0.2, 0) is 22.8 Å². The van der Waals surface area contributed by atoms with Gasteiger partial charge in [-0.3, -0.25) is 4.90 Å². The van der Waals surface area contributed by atoms with Crippen LogP contribution in [-0.4, -0.2) is 53.7 Å². The van der Waals surface area contributed by atoms with Gasteiger partial charge in [-0.2, -0.15) is 18.2 Å². The third-order valence-electron chi connectivity index (χ3n) is 3.37. The molecule has 2 heterocycles. The topological polar surface area (TPSA) is 76.3 Å². The Labute approximate surface area is 120 Å². The summed E-state index contributed by atoms with van der Waals surface area (Å²) in [5.41, 5.74) is 0. The summed E-state index contributed by atoms with van der Waals surface area (Å²) in [5, 5.41) is 3.29. The lowest BCUT2D eigenvalue weighted by atomic mass is 10.2. The monoisotopic (exact) mass is 327 g/mol. The molecule has 0 spiro atoms. The molecule has 2 rings (SSSR count). The number of rotatable bonds is 3. The van der Waals surface area contributed by atoms with Gasteiger partial charge in [0, 0.05) is 12.6 Å². The molecule has 6 nitrogen and oxygen atoms in total. The van der Waals surface area contributed by atoms with Gasteiger partial charge in [-0.15, -0.1) is 0 Å². The van der Waals surface area contributed by atoms with Crippen molar-refractivity contribution in [3.8, 4) is 0 Å². The van der Waals surface area contributed by atoms with Crippen molar-refractivity contribution < 1.29 is 26.1 Å². The molecule has 1 aliphatic heterocycles. The average molecular weight is 327 g/mol. The summed E-state index contributed by atoms with van der Waals surface area (Å²) >= 11 is 0. The molecular formula is C11H16F3N3O3S. The van der Waals surface area contributed by atoms with Crippen LogP contribution < -0.4 is 0 Å². The van der Waals surface area contributed by atoms with Gasteiger partial charge in [-0.05, 0) is 13.3 Å². The van der Waals surface area contributed by atoms with E-state index in [4.69, 9.17) is 4.52 Å². The van der Waals surface area contributed by atoms with E-state index >= 15 is 0 Å². The molecule has 1 atom stereocenters. The number of halogens is 3. The number of hydrogen-bond acceptors (Lipinski definition) is 6. The van der Waals surface area contributed by atoms with Gasteiger partial charge in [-0.1, -0.05) is 5.16 Å². The van der Waals surface area contributed by atoms with Crippen LogP contribution >= 0.6 is 0 Å². The second kappa shape index (κ2) is 5.91. The fraction of sp³-hybridized carbons (Fsp3) is 0.818. The Morgan fingerprint density at radius 1 is 1.38 bits per heavy atom. The molecule has 1 unspecified atom stereocenters. The molecule has 21 heavy (non-hydrogen) atoms. The Morgan fingerprint density at radius 3 is 2.76 bits per heavy atom. The summed E-state index contributed by atoms with van der Waals surface area (Å²) in [6, 6.07) is -0.0137. The SMILES string of the molecule is CC1CCS(=O)(=O)CCN1Cc1nc(CC(F)(F)F)no1. The maximum Gasteiger partial charge on any atom is 0.396 e. The van der Waals surface area contributed by atoms with Gasteiger partial charge >= 0.3 is 6.18 Å². The van der Waals surface area contributed by atoms with Gasteiger partial charge in [-0.25, -0.2) is 8.42 Å². The zero-order chi connectivity index (χ0) is 15.7. The second-order valence-corrected chi connectivity index (χ2v) is 7.46. The summed E-state index contributed by atoms with van der Waals surface area (Å²) in [7, 11) is -3.05. The zero-order valence-corrected chi connectivity index (χ0v) is 12.2. The van der Waals surface area contributed by atoms with Crippen LogP contribution in [0.2, 0.25) is 0 Å². The summed E-state index contributed by atoms with van der Waals surface area (Å²) in [6.45, 7) is 2.33. The zero-order valence-electron chi connectivity index (χ0n) is 11.4. The lowest BCUT2D eigenvalue weighted by Gasteiger charge is -2.24. The van der Waals surface area contributed by atoms with Crippen LogP contribution in [0.1, 0.15) is 25.1 Å². The van der Waals surface area contributed by atoms with E-state index in [-0.39, 0.29) is 30.0 Å². The highest BCUT2D eigenvalue weighted by Gasteiger charge is 2.31. The van der Waals surface area contributed by atoms with Crippen molar-refractivity contribution in [1.82, 2.24) is 15.0 Å². The molecule has 10 heteroatoms. The maximum absolute atomic E-state index is 12.2. The molecule has 0 aliphatic carbocycles. The first-order chi connectivity index (χ1) is 9.65. The van der Waals surface area contributed by atoms with Crippen LogP contribution in [0.25, 0.3) is 0 Å². The van der Waals surface area contributed by atoms with Crippen molar-refractivity contribution in [3.63, 3.8) is 0 Å². The van der Waals surface area contributed by atoms with Crippen molar-refractivity contribution in [2.24, 2.45) is 0 Å². The van der Waals surface area contributed by atoms with Crippen molar-refractivity contribution >= 4 is 9.84 Å². The Hall–Kier alpha value is -1.16. The van der Waals surface area contributed by atoms with Crippen LogP contribution in [0, 0.1) is 0 Å². The first kappa shape index (κ1) is 16.2. The first-order valence-corrected chi connectivity index (χ1v) is 8.29. The Bertz CT molecular complexity index is 585. The molecule has 120 valence electrons. The predicted octanol–water partition coefficient (Wildman–Crippen LogP) is 1.18. The smallest absolute Gasteiger partial charge is 0.338 e. The van der Waals surface area contributed by atoms with Gasteiger partial charge in [0.15, 0.2) is 15.7 Å². The van der Waals surface area contributed by atoms with Gasteiger partial charge in [0.1, 0.15) is 6.42 Å². The highest BCUT2D eigenvalue weighted by molar-refractivity contribution is 7.91. The van der Waals surface area contributed by atoms with Gasteiger partial charge < -0.3 is 4.52 Å². The number of alkyl halides is 3. The van der Waals surface area contributed by atoms with E-state index in [1.807, 2.05) is 11.8 Å². The minimum Gasteiger partial charge on any atom is -0.338 e. The van der Waals surface area contributed by atoms with Crippen molar-refractivity contribution in [2.75, 3.05) is 18.1 Å². The summed E-state index contributed by atoms with van der Waals surface area (Å²) in [6.07, 6.45) is -5.14. The molecule has 0 aromatic carbocycles. The molecular weight excluding hydrogens is 311 g/mol. The second-order valence-electron chi connectivity index (χ2n) is 5.16. The molecule has 1 fully saturated rings. The van der Waals surface area contributed by atoms with Gasteiger partial charge in [0.2, 0.25) is 5.89 Å². The van der Waals surface area contributed by atoms with E-state index in [2.05, 4.69) is 10.1 Å². The van der Waals surface area contributed by atoms with E-state index < -0.39 is 28.3 Å². The fourth-order valence-corrected chi connectivity index (χ4v) is 3.54. The molecule has 0 saturated carbocycles. The lowest BCUT2D eigenvalue weighted by molar-refractivity contribution is -0.128. The maximum atomic E-state index is 12.2. The van der Waals surface area contributed by atoms with E-state index in [9.17, 15) is 21.6 Å². The third kappa shape index (κ3) is 4.95. The molecule has 1 aliphatic rings. The fourth-order valence-electron chi connectivity index (χ4n) is 2.13. The molecule has 1 aromatic rings. The molecule has 0 amide bonds. The quantitative estimate of drug-likeness (QED) is 0.830. The largest absolute Gasteiger partial charge is 0.396 e. The standard InChI is InChI=1S/C11H16F3N3O3S/c1-8-2-4-21(18,19)5-3-17(8)7-10-15-9(16-20-10)6-11(12,13)14/h8H,2-7H2,1H3. The number of hydrogen-bond donors (Lipinski definition) is 0. The summed E-state index contributed by atoms with van der Waals surface area (Å²) in [4.78, 5) is 5.53. The predicted molar refractivity (Wildman–Crippen MR) is 67.2 cm³/mol. The number of sulfone groups is 1. The Morgan fingerprint density at radius 2 is 2.10 bits per heavy atom. The van der Waals surface area contributed by atoms with E-state index in [0.29, 0.717) is 13.0 Å². The van der Waals surface area contributed by atoms with Crippen molar-refractivity contribution in [3.05, 3.63) is 11.7 Å². The summed E-state index contributed by atoms with van der Waals surface area (Å²) in [5.74, 6) is -0.192. The minimum absolute atomic E-state index is 0.0137. The van der Waals surface area contributed by atoms with E-state index in [1.54, 1.807) is 0 Å². The molecule has 0 N–H and O–H groups in total. The number of nitrogens with zero attached hydrogens (tertiary/aromatic N) is 3. The van der Waals surface area contributed by atoms with Crippen molar-refractivity contribution in [2.45, 2.75) is 38.5 Å². The third-order valence-corrected chi connectivity index (χ3v) is 5.03. The Kier molecular flexibility index (Phi) is 4.57. The highest BCUT2D eigenvalue weighted by atomic mass is 32.2. The van der Waals surface area contributed by atoms with Gasteiger partial charge in [0.25, 0.3) is 0 Å². The average Bonchev–Trinajstić information content (AvgIpc) is 2.71.